The second kappa shape index (κ2) is 5.42. The van der Waals surface area contributed by atoms with Crippen LogP contribution < -0.4 is 4.74 Å². The van der Waals surface area contributed by atoms with Gasteiger partial charge >= 0.3 is 0 Å². The van der Waals surface area contributed by atoms with Gasteiger partial charge in [0.25, 0.3) is 0 Å². The fourth-order valence-electron chi connectivity index (χ4n) is 3.25. The first-order valence-corrected chi connectivity index (χ1v) is 7.89. The maximum atomic E-state index is 11.5. The van der Waals surface area contributed by atoms with Crippen molar-refractivity contribution in [3.63, 3.8) is 0 Å². The Morgan fingerprint density at radius 3 is 2.70 bits per heavy atom. The predicted octanol–water partition coefficient (Wildman–Crippen LogP) is 3.19. The van der Waals surface area contributed by atoms with Gasteiger partial charge in [0.2, 0.25) is 11.7 Å². The van der Waals surface area contributed by atoms with E-state index in [-0.39, 0.29) is 5.91 Å². The molecule has 1 saturated heterocycles. The number of hydrogen-bond donors (Lipinski definition) is 0. The number of carbonyl (C=O) groups is 1. The Bertz CT molecular complexity index is 715. The Morgan fingerprint density at radius 1 is 1.17 bits per heavy atom. The number of nitrogens with zero attached hydrogens (tertiary/aromatic N) is 1. The van der Waals surface area contributed by atoms with E-state index in [9.17, 15) is 4.79 Å². The smallest absolute Gasteiger partial charge is 0.219 e. The highest BCUT2D eigenvalue weighted by atomic mass is 16.7. The third-order valence-corrected chi connectivity index (χ3v) is 4.67. The lowest BCUT2D eigenvalue weighted by Crippen LogP contribution is -2.52. The molecule has 2 aliphatic heterocycles. The second-order valence-corrected chi connectivity index (χ2v) is 6.14. The van der Waals surface area contributed by atoms with E-state index in [1.54, 1.807) is 19.5 Å². The number of amides is 1. The average Bonchev–Trinajstić information content (AvgIpc) is 3.09. The molecule has 4 rings (SSSR count). The molecule has 1 fully saturated rings. The molecule has 0 bridgehead atoms. The van der Waals surface area contributed by atoms with Gasteiger partial charge in [-0.25, -0.2) is 0 Å². The van der Waals surface area contributed by atoms with E-state index in [0.717, 1.165) is 22.4 Å². The minimum Gasteiger partial charge on any atom is -0.472 e. The van der Waals surface area contributed by atoms with Gasteiger partial charge in [0.1, 0.15) is 5.75 Å². The van der Waals surface area contributed by atoms with Crippen LogP contribution in [0.1, 0.15) is 25.3 Å². The van der Waals surface area contributed by atoms with Crippen molar-refractivity contribution >= 4 is 5.91 Å². The normalized spacial score (nSPS) is 19.3. The Kier molecular flexibility index (Phi) is 3.38. The third kappa shape index (κ3) is 2.61. The van der Waals surface area contributed by atoms with Crippen molar-refractivity contribution in [2.24, 2.45) is 0 Å². The Balaban J connectivity index is 1.53. The fourth-order valence-corrected chi connectivity index (χ4v) is 3.25. The van der Waals surface area contributed by atoms with E-state index in [4.69, 9.17) is 13.9 Å². The maximum Gasteiger partial charge on any atom is 0.219 e. The zero-order valence-electron chi connectivity index (χ0n) is 13.1. The van der Waals surface area contributed by atoms with Gasteiger partial charge in [-0.05, 0) is 23.8 Å². The molecule has 0 N–H and O–H groups in total. The molecule has 5 heteroatoms. The Hall–Kier alpha value is -2.27. The van der Waals surface area contributed by atoms with E-state index in [1.807, 2.05) is 23.1 Å². The Morgan fingerprint density at radius 2 is 2.00 bits per heavy atom. The van der Waals surface area contributed by atoms with Crippen LogP contribution in [0.4, 0.5) is 0 Å². The molecule has 0 atom stereocenters. The molecule has 3 heterocycles. The van der Waals surface area contributed by atoms with Crippen molar-refractivity contribution in [1.82, 2.24) is 4.90 Å². The van der Waals surface area contributed by atoms with Crippen LogP contribution in [0.3, 0.4) is 0 Å². The molecule has 0 saturated carbocycles. The van der Waals surface area contributed by atoms with Crippen molar-refractivity contribution in [2.75, 3.05) is 13.1 Å². The number of likely N-dealkylation sites (tertiary alicyclic amines) is 1. The second-order valence-electron chi connectivity index (χ2n) is 6.14. The van der Waals surface area contributed by atoms with E-state index in [0.29, 0.717) is 32.5 Å². The number of benzene rings is 1. The highest BCUT2D eigenvalue weighted by Crippen LogP contribution is 2.39. The van der Waals surface area contributed by atoms with Gasteiger partial charge in [0.15, 0.2) is 0 Å². The molecule has 0 unspecified atom stereocenters. The predicted molar refractivity (Wildman–Crippen MR) is 83.8 cm³/mol. The van der Waals surface area contributed by atoms with E-state index in [1.165, 1.54) is 0 Å². The summed E-state index contributed by atoms with van der Waals surface area (Å²) < 4.78 is 17.4. The molecular formula is C18H19NO4. The lowest BCUT2D eigenvalue weighted by atomic mass is 10.00. The summed E-state index contributed by atoms with van der Waals surface area (Å²) in [5, 5.41) is 0. The molecule has 1 spiro atoms. The van der Waals surface area contributed by atoms with E-state index in [2.05, 4.69) is 6.07 Å². The monoisotopic (exact) mass is 313 g/mol. The van der Waals surface area contributed by atoms with Crippen LogP contribution in [0.25, 0.3) is 11.1 Å². The topological polar surface area (TPSA) is 51.9 Å². The van der Waals surface area contributed by atoms with Crippen LogP contribution in [0.15, 0.2) is 41.2 Å². The first kappa shape index (κ1) is 14.3. The lowest BCUT2D eigenvalue weighted by Gasteiger charge is -2.43. The van der Waals surface area contributed by atoms with Gasteiger partial charge in [-0.3, -0.25) is 4.79 Å². The minimum absolute atomic E-state index is 0.112. The quantitative estimate of drug-likeness (QED) is 0.811. The SMILES string of the molecule is CC(=O)N1CCC2(CC1)OCc1cc(-c3ccoc3)ccc1O2. The number of fused-ring (bicyclic) bond motifs is 1. The summed E-state index contributed by atoms with van der Waals surface area (Å²) in [5.74, 6) is 0.399. The Labute approximate surface area is 134 Å². The van der Waals surface area contributed by atoms with Gasteiger partial charge in [-0.15, -0.1) is 0 Å². The highest BCUT2D eigenvalue weighted by molar-refractivity contribution is 5.73. The minimum atomic E-state index is -0.587. The van der Waals surface area contributed by atoms with Crippen molar-refractivity contribution in [3.8, 4) is 16.9 Å². The summed E-state index contributed by atoms with van der Waals surface area (Å²) in [6.07, 6.45) is 4.80. The van der Waals surface area contributed by atoms with Crippen molar-refractivity contribution in [3.05, 3.63) is 42.4 Å². The molecule has 1 amide bonds. The van der Waals surface area contributed by atoms with Crippen LogP contribution in [0.5, 0.6) is 5.75 Å². The number of piperidine rings is 1. The molecule has 5 nitrogen and oxygen atoms in total. The lowest BCUT2D eigenvalue weighted by molar-refractivity contribution is -0.227. The van der Waals surface area contributed by atoms with Gasteiger partial charge < -0.3 is 18.8 Å². The first-order valence-electron chi connectivity index (χ1n) is 7.89. The van der Waals surface area contributed by atoms with Crippen molar-refractivity contribution in [1.29, 1.82) is 0 Å². The van der Waals surface area contributed by atoms with Gasteiger partial charge in [-0.2, -0.15) is 0 Å². The van der Waals surface area contributed by atoms with E-state index < -0.39 is 5.79 Å². The molecule has 2 aromatic rings. The van der Waals surface area contributed by atoms with Crippen LogP contribution >= 0.6 is 0 Å². The zero-order chi connectivity index (χ0) is 15.9. The summed E-state index contributed by atoms with van der Waals surface area (Å²) in [7, 11) is 0. The fraction of sp³-hybridized carbons (Fsp3) is 0.389. The maximum absolute atomic E-state index is 11.5. The zero-order valence-corrected chi connectivity index (χ0v) is 13.1. The van der Waals surface area contributed by atoms with Crippen LogP contribution in [-0.4, -0.2) is 29.7 Å². The molecule has 1 aromatic carbocycles. The third-order valence-electron chi connectivity index (χ3n) is 4.67. The summed E-state index contributed by atoms with van der Waals surface area (Å²) in [5.41, 5.74) is 3.18. The van der Waals surface area contributed by atoms with Gasteiger partial charge in [0.05, 0.1) is 19.1 Å². The van der Waals surface area contributed by atoms with Gasteiger partial charge in [-0.1, -0.05) is 6.07 Å². The van der Waals surface area contributed by atoms with E-state index >= 15 is 0 Å². The summed E-state index contributed by atoms with van der Waals surface area (Å²) in [4.78, 5) is 13.3. The summed E-state index contributed by atoms with van der Waals surface area (Å²) in [6, 6.07) is 8.05. The number of hydrogen-bond acceptors (Lipinski definition) is 4. The molecule has 23 heavy (non-hydrogen) atoms. The summed E-state index contributed by atoms with van der Waals surface area (Å²) >= 11 is 0. The van der Waals surface area contributed by atoms with Crippen LogP contribution in [0.2, 0.25) is 0 Å². The number of rotatable bonds is 1. The molecule has 120 valence electrons. The van der Waals surface area contributed by atoms with Crippen molar-refractivity contribution < 1.29 is 18.7 Å². The molecule has 2 aliphatic rings. The molecule has 1 aromatic heterocycles. The van der Waals surface area contributed by atoms with Crippen LogP contribution in [0, 0.1) is 0 Å². The standard InChI is InChI=1S/C18H19NO4/c1-13(20)19-7-5-18(6-8-19)22-12-16-10-14(2-3-17(16)23-18)15-4-9-21-11-15/h2-4,9-11H,5-8,12H2,1H3. The van der Waals surface area contributed by atoms with Crippen molar-refractivity contribution in [2.45, 2.75) is 32.2 Å². The average molecular weight is 313 g/mol. The molecule has 0 aliphatic carbocycles. The van der Waals surface area contributed by atoms with Gasteiger partial charge in [0, 0.05) is 44.0 Å². The first-order chi connectivity index (χ1) is 11.2. The molecular weight excluding hydrogens is 294 g/mol. The number of furan rings is 1. The number of carbonyl (C=O) groups excluding carboxylic acids is 1. The largest absolute Gasteiger partial charge is 0.472 e. The summed E-state index contributed by atoms with van der Waals surface area (Å²) in [6.45, 7) is 3.49. The molecule has 0 radical (unpaired) electrons. The highest BCUT2D eigenvalue weighted by Gasteiger charge is 2.41. The number of ether oxygens (including phenoxy) is 2. The van der Waals surface area contributed by atoms with Crippen LogP contribution in [-0.2, 0) is 16.1 Å².